The monoisotopic (exact) mass is 299 g/mol. The Morgan fingerprint density at radius 3 is 2.48 bits per heavy atom. The van der Waals surface area contributed by atoms with E-state index in [2.05, 4.69) is 15.3 Å². The molecule has 7 heteroatoms. The highest BCUT2D eigenvalue weighted by atomic mass is 19.4. The number of nitrogens with one attached hydrogen (secondary N) is 1. The van der Waals surface area contributed by atoms with Crippen molar-refractivity contribution in [1.29, 1.82) is 0 Å². The standard InChI is InChI=1S/C14H13F4N3/c1-3-19-13-20-8(2)6-12(21-13)9-4-5-11(15)10(7-9)14(16,17)18/h4-7H,3H2,1-2H3,(H,19,20,21). The third-order valence-corrected chi connectivity index (χ3v) is 2.76. The van der Waals surface area contributed by atoms with Crippen molar-refractivity contribution >= 4 is 5.95 Å². The predicted octanol–water partition coefficient (Wildman–Crippen LogP) is 4.04. The van der Waals surface area contributed by atoms with Gasteiger partial charge in [0.1, 0.15) is 5.82 Å². The molecule has 0 spiro atoms. The van der Waals surface area contributed by atoms with Crippen LogP contribution in [0.3, 0.4) is 0 Å². The van der Waals surface area contributed by atoms with Gasteiger partial charge < -0.3 is 5.32 Å². The molecule has 0 aliphatic heterocycles. The van der Waals surface area contributed by atoms with Gasteiger partial charge in [-0.15, -0.1) is 0 Å². The van der Waals surface area contributed by atoms with E-state index in [1.54, 1.807) is 13.0 Å². The quantitative estimate of drug-likeness (QED) is 0.869. The molecule has 3 nitrogen and oxygen atoms in total. The molecule has 2 aromatic rings. The SMILES string of the molecule is CCNc1nc(C)cc(-c2ccc(F)c(C(F)(F)F)c2)n1. The molecule has 0 bridgehead atoms. The van der Waals surface area contributed by atoms with Crippen molar-refractivity contribution in [3.8, 4) is 11.3 Å². The van der Waals surface area contributed by atoms with E-state index in [4.69, 9.17) is 0 Å². The van der Waals surface area contributed by atoms with Crippen LogP contribution in [-0.4, -0.2) is 16.5 Å². The topological polar surface area (TPSA) is 37.8 Å². The molecule has 0 radical (unpaired) electrons. The number of aryl methyl sites for hydroxylation is 1. The van der Waals surface area contributed by atoms with E-state index in [1.807, 2.05) is 6.92 Å². The lowest BCUT2D eigenvalue weighted by Gasteiger charge is -2.11. The summed E-state index contributed by atoms with van der Waals surface area (Å²) in [4.78, 5) is 8.25. The summed E-state index contributed by atoms with van der Waals surface area (Å²) in [6.45, 7) is 4.14. The van der Waals surface area contributed by atoms with Gasteiger partial charge in [0.05, 0.1) is 11.3 Å². The Morgan fingerprint density at radius 2 is 1.86 bits per heavy atom. The summed E-state index contributed by atoms with van der Waals surface area (Å²) >= 11 is 0. The molecule has 0 fully saturated rings. The molecule has 1 heterocycles. The number of benzene rings is 1. The average Bonchev–Trinajstić information content (AvgIpc) is 2.37. The molecule has 0 saturated carbocycles. The number of aromatic nitrogens is 2. The van der Waals surface area contributed by atoms with Gasteiger partial charge >= 0.3 is 6.18 Å². The van der Waals surface area contributed by atoms with Crippen LogP contribution in [0.2, 0.25) is 0 Å². The maximum atomic E-state index is 13.3. The first-order valence-electron chi connectivity index (χ1n) is 6.28. The smallest absolute Gasteiger partial charge is 0.354 e. The van der Waals surface area contributed by atoms with Crippen molar-refractivity contribution in [2.75, 3.05) is 11.9 Å². The molecule has 112 valence electrons. The molecule has 0 amide bonds. The van der Waals surface area contributed by atoms with E-state index in [0.29, 0.717) is 23.9 Å². The first kappa shape index (κ1) is 15.2. The molecular formula is C14H13F4N3. The first-order valence-corrected chi connectivity index (χ1v) is 6.28. The summed E-state index contributed by atoms with van der Waals surface area (Å²) in [5.74, 6) is -0.977. The lowest BCUT2D eigenvalue weighted by Crippen LogP contribution is -2.08. The lowest BCUT2D eigenvalue weighted by atomic mass is 10.1. The van der Waals surface area contributed by atoms with E-state index < -0.39 is 17.6 Å². The van der Waals surface area contributed by atoms with Crippen LogP contribution in [0, 0.1) is 12.7 Å². The van der Waals surface area contributed by atoms with Gasteiger partial charge in [-0.25, -0.2) is 14.4 Å². The number of alkyl halides is 3. The van der Waals surface area contributed by atoms with Gasteiger partial charge in [0, 0.05) is 17.8 Å². The maximum Gasteiger partial charge on any atom is 0.419 e. The second-order valence-electron chi connectivity index (χ2n) is 4.44. The largest absolute Gasteiger partial charge is 0.419 e. The molecule has 0 aliphatic carbocycles. The molecule has 0 saturated heterocycles. The minimum Gasteiger partial charge on any atom is -0.354 e. The fraction of sp³-hybridized carbons (Fsp3) is 0.286. The van der Waals surface area contributed by atoms with E-state index in [9.17, 15) is 17.6 Å². The number of nitrogens with zero attached hydrogens (tertiary/aromatic N) is 2. The number of rotatable bonds is 3. The molecule has 0 atom stereocenters. The van der Waals surface area contributed by atoms with Crippen molar-refractivity contribution in [3.05, 3.63) is 41.3 Å². The van der Waals surface area contributed by atoms with Gasteiger partial charge in [0.2, 0.25) is 5.95 Å². The third kappa shape index (κ3) is 3.48. The van der Waals surface area contributed by atoms with Gasteiger partial charge in [-0.1, -0.05) is 0 Å². The third-order valence-electron chi connectivity index (χ3n) is 2.76. The summed E-state index contributed by atoms with van der Waals surface area (Å²) in [5.41, 5.74) is -0.201. The van der Waals surface area contributed by atoms with E-state index in [1.165, 1.54) is 6.07 Å². The van der Waals surface area contributed by atoms with Crippen LogP contribution in [0.25, 0.3) is 11.3 Å². The van der Waals surface area contributed by atoms with Gasteiger partial charge in [-0.3, -0.25) is 0 Å². The Hall–Kier alpha value is -2.18. The Bertz CT molecular complexity index is 653. The van der Waals surface area contributed by atoms with Crippen molar-refractivity contribution in [2.24, 2.45) is 0 Å². The molecule has 21 heavy (non-hydrogen) atoms. The van der Waals surface area contributed by atoms with Gasteiger partial charge in [0.25, 0.3) is 0 Å². The molecule has 1 aromatic heterocycles. The predicted molar refractivity (Wildman–Crippen MR) is 71.3 cm³/mol. The molecule has 0 unspecified atom stereocenters. The average molecular weight is 299 g/mol. The molecular weight excluding hydrogens is 286 g/mol. The van der Waals surface area contributed by atoms with Crippen LogP contribution >= 0.6 is 0 Å². The van der Waals surface area contributed by atoms with Crippen LogP contribution in [-0.2, 0) is 6.18 Å². The summed E-state index contributed by atoms with van der Waals surface area (Å²) in [6, 6.07) is 4.37. The molecule has 2 rings (SSSR count). The molecule has 1 N–H and O–H groups in total. The summed E-state index contributed by atoms with van der Waals surface area (Å²) in [5, 5.41) is 2.90. The van der Waals surface area contributed by atoms with Gasteiger partial charge in [-0.05, 0) is 38.1 Å². The van der Waals surface area contributed by atoms with Gasteiger partial charge in [0.15, 0.2) is 0 Å². The highest BCUT2D eigenvalue weighted by Gasteiger charge is 2.34. The Labute approximate surface area is 119 Å². The van der Waals surface area contributed by atoms with Crippen molar-refractivity contribution in [3.63, 3.8) is 0 Å². The van der Waals surface area contributed by atoms with Gasteiger partial charge in [-0.2, -0.15) is 13.2 Å². The van der Waals surface area contributed by atoms with E-state index in [0.717, 1.165) is 12.1 Å². The van der Waals surface area contributed by atoms with Crippen LogP contribution in [0.15, 0.2) is 24.3 Å². The summed E-state index contributed by atoms with van der Waals surface area (Å²) in [6.07, 6.45) is -4.74. The highest BCUT2D eigenvalue weighted by Crippen LogP contribution is 2.34. The number of anilines is 1. The minimum atomic E-state index is -4.74. The minimum absolute atomic E-state index is 0.188. The summed E-state index contributed by atoms with van der Waals surface area (Å²) < 4.78 is 51.5. The fourth-order valence-electron chi connectivity index (χ4n) is 1.86. The number of hydrogen-bond acceptors (Lipinski definition) is 3. The zero-order chi connectivity index (χ0) is 15.6. The normalized spacial score (nSPS) is 11.5. The van der Waals surface area contributed by atoms with Crippen LogP contribution in [0.4, 0.5) is 23.5 Å². The van der Waals surface area contributed by atoms with Crippen molar-refractivity contribution < 1.29 is 17.6 Å². The van der Waals surface area contributed by atoms with Crippen molar-refractivity contribution in [2.45, 2.75) is 20.0 Å². The second kappa shape index (κ2) is 5.67. The molecule has 1 aromatic carbocycles. The zero-order valence-corrected chi connectivity index (χ0v) is 11.4. The number of halogens is 4. The highest BCUT2D eigenvalue weighted by molar-refractivity contribution is 5.62. The maximum absolute atomic E-state index is 13.3. The van der Waals surface area contributed by atoms with Crippen LogP contribution in [0.5, 0.6) is 0 Å². The second-order valence-corrected chi connectivity index (χ2v) is 4.44. The van der Waals surface area contributed by atoms with Crippen LogP contribution in [0.1, 0.15) is 18.2 Å². The van der Waals surface area contributed by atoms with Crippen molar-refractivity contribution in [1.82, 2.24) is 9.97 Å². The van der Waals surface area contributed by atoms with E-state index in [-0.39, 0.29) is 5.56 Å². The van der Waals surface area contributed by atoms with Crippen LogP contribution < -0.4 is 5.32 Å². The molecule has 0 aliphatic rings. The Kier molecular flexibility index (Phi) is 4.11. The first-order chi connectivity index (χ1) is 9.81. The zero-order valence-electron chi connectivity index (χ0n) is 11.4. The van der Waals surface area contributed by atoms with E-state index >= 15 is 0 Å². The number of hydrogen-bond donors (Lipinski definition) is 1. The summed E-state index contributed by atoms with van der Waals surface area (Å²) in [7, 11) is 0. The fourth-order valence-corrected chi connectivity index (χ4v) is 1.86. The Morgan fingerprint density at radius 1 is 1.14 bits per heavy atom. The lowest BCUT2D eigenvalue weighted by molar-refractivity contribution is -0.139. The Balaban J connectivity index is 2.52.